The zero-order chi connectivity index (χ0) is 61.7. The molecule has 0 unspecified atom stereocenters. The van der Waals surface area contributed by atoms with E-state index in [9.17, 15) is 0 Å². The molecule has 0 bridgehead atoms. The maximum Gasteiger partial charge on any atom is 0.264 e. The summed E-state index contributed by atoms with van der Waals surface area (Å²) in [6.45, 7) is 27.7. The van der Waals surface area contributed by atoms with Crippen LogP contribution in [-0.4, -0.2) is 6.71 Å². The fraction of sp³-hybridized carbons (Fsp3) is 0.190. The molecule has 2 aliphatic rings. The molecular weight excluding hydrogens is 1090 g/mol. The number of anilines is 9. The molecule has 0 saturated carbocycles. The summed E-state index contributed by atoms with van der Waals surface area (Å²) in [6.07, 6.45) is 0. The van der Waals surface area contributed by atoms with Gasteiger partial charge in [0.05, 0.1) is 17.1 Å². The predicted molar refractivity (Wildman–Crippen MR) is 387 cm³/mol. The first-order valence-electron chi connectivity index (χ1n) is 31.7. The highest BCUT2D eigenvalue weighted by atomic mass is 32.1. The van der Waals surface area contributed by atoms with Gasteiger partial charge < -0.3 is 14.7 Å². The third kappa shape index (κ3) is 10.5. The largest absolute Gasteiger partial charge is 0.311 e. The zero-order valence-electron chi connectivity index (χ0n) is 53.6. The molecule has 0 aliphatic carbocycles. The topological polar surface area (TPSA) is 9.72 Å². The summed E-state index contributed by atoms with van der Waals surface area (Å²) in [5, 5.41) is 1.29. The van der Waals surface area contributed by atoms with Gasteiger partial charge in [0.1, 0.15) is 0 Å². The Kier molecular flexibility index (Phi) is 14.1. The number of hydrogen-bond acceptors (Lipinski definition) is 4. The van der Waals surface area contributed by atoms with Gasteiger partial charge in [-0.2, -0.15) is 0 Å². The molecule has 0 saturated heterocycles. The molecular formula is C84H78BN3S. The third-order valence-corrected chi connectivity index (χ3v) is 19.7. The minimum Gasteiger partial charge on any atom is -0.311 e. The van der Waals surface area contributed by atoms with Crippen LogP contribution in [0.4, 0.5) is 51.2 Å². The zero-order valence-corrected chi connectivity index (χ0v) is 54.4. The van der Waals surface area contributed by atoms with Crippen molar-refractivity contribution in [3.05, 3.63) is 277 Å². The number of nitrogens with zero attached hydrogens (tertiary/aromatic N) is 3. The van der Waals surface area contributed by atoms with Crippen LogP contribution < -0.4 is 30.4 Å². The molecule has 0 radical (unpaired) electrons. The first-order chi connectivity index (χ1) is 42.7. The van der Waals surface area contributed by atoms with Gasteiger partial charge in [0.2, 0.25) is 0 Å². The van der Waals surface area contributed by atoms with Crippen molar-refractivity contribution in [3.63, 3.8) is 0 Å². The van der Waals surface area contributed by atoms with E-state index in [0.717, 1.165) is 50.8 Å². The lowest BCUT2D eigenvalue weighted by molar-refractivity contribution is 0.590. The van der Waals surface area contributed by atoms with Gasteiger partial charge in [-0.15, -0.1) is 11.3 Å². The van der Waals surface area contributed by atoms with Crippen molar-refractivity contribution >= 4 is 95.0 Å². The molecule has 0 amide bonds. The normalized spacial score (nSPS) is 13.1. The molecule has 11 aromatic carbocycles. The van der Waals surface area contributed by atoms with Gasteiger partial charge in [-0.3, -0.25) is 0 Å². The van der Waals surface area contributed by atoms with Crippen molar-refractivity contribution in [1.29, 1.82) is 0 Å². The van der Waals surface area contributed by atoms with Gasteiger partial charge in [0.25, 0.3) is 6.71 Å². The van der Waals surface area contributed by atoms with Crippen molar-refractivity contribution in [2.75, 3.05) is 14.7 Å². The van der Waals surface area contributed by atoms with Gasteiger partial charge in [-0.1, -0.05) is 259 Å². The molecule has 12 aromatic rings. The number of benzene rings is 11. The maximum absolute atomic E-state index is 2.66. The lowest BCUT2D eigenvalue weighted by Gasteiger charge is -2.44. The average molecular weight is 1170 g/mol. The molecule has 438 valence electrons. The molecule has 0 fully saturated rings. The third-order valence-electron chi connectivity index (χ3n) is 18.5. The lowest BCUT2D eigenvalue weighted by Crippen LogP contribution is -2.60. The summed E-state index contributed by atoms with van der Waals surface area (Å²) in [5.74, 6) is 0. The highest BCUT2D eigenvalue weighted by Crippen LogP contribution is 2.53. The first kappa shape index (κ1) is 57.6. The van der Waals surface area contributed by atoms with Gasteiger partial charge in [-0.25, -0.2) is 0 Å². The van der Waals surface area contributed by atoms with Crippen molar-refractivity contribution < 1.29 is 0 Å². The van der Waals surface area contributed by atoms with Crippen molar-refractivity contribution in [3.8, 4) is 44.5 Å². The number of fused-ring (bicyclic) bond motifs is 6. The molecule has 0 N–H and O–H groups in total. The summed E-state index contributed by atoms with van der Waals surface area (Å²) in [5.41, 5.74) is 27.3. The van der Waals surface area contributed by atoms with E-state index in [0.29, 0.717) is 0 Å². The van der Waals surface area contributed by atoms with E-state index in [-0.39, 0.29) is 28.4 Å². The second-order valence-corrected chi connectivity index (χ2v) is 29.7. The number of para-hydroxylation sites is 1. The Morgan fingerprint density at radius 2 is 0.809 bits per heavy atom. The fourth-order valence-corrected chi connectivity index (χ4v) is 14.8. The molecule has 1 aromatic heterocycles. The van der Waals surface area contributed by atoms with Crippen LogP contribution in [0.3, 0.4) is 0 Å². The van der Waals surface area contributed by atoms with E-state index >= 15 is 0 Å². The quantitative estimate of drug-likeness (QED) is 0.133. The van der Waals surface area contributed by atoms with Crippen molar-refractivity contribution in [2.45, 2.75) is 105 Å². The molecule has 3 nitrogen and oxygen atoms in total. The first-order valence-corrected chi connectivity index (χ1v) is 32.5. The van der Waals surface area contributed by atoms with E-state index in [1.807, 2.05) is 11.3 Å². The van der Waals surface area contributed by atoms with Crippen LogP contribution in [0.15, 0.2) is 255 Å². The van der Waals surface area contributed by atoms with Gasteiger partial charge in [0, 0.05) is 60.1 Å². The minimum absolute atomic E-state index is 0.0170. The van der Waals surface area contributed by atoms with E-state index in [1.165, 1.54) is 92.9 Å². The van der Waals surface area contributed by atoms with Crippen molar-refractivity contribution in [2.24, 2.45) is 0 Å². The van der Waals surface area contributed by atoms with E-state index in [4.69, 9.17) is 0 Å². The molecule has 0 spiro atoms. The van der Waals surface area contributed by atoms with E-state index in [1.54, 1.807) is 0 Å². The van der Waals surface area contributed by atoms with Crippen LogP contribution in [0.1, 0.15) is 105 Å². The molecule has 2 aliphatic heterocycles. The predicted octanol–water partition coefficient (Wildman–Crippen LogP) is 22.3. The number of thiophene rings is 1. The molecule has 0 atom stereocenters. The van der Waals surface area contributed by atoms with Crippen LogP contribution in [-0.2, 0) is 21.7 Å². The van der Waals surface area contributed by atoms with Crippen LogP contribution in [0.25, 0.3) is 54.6 Å². The second kappa shape index (κ2) is 21.9. The summed E-state index contributed by atoms with van der Waals surface area (Å²) >= 11 is 1.97. The van der Waals surface area contributed by atoms with E-state index in [2.05, 4.69) is 353 Å². The fourth-order valence-electron chi connectivity index (χ4n) is 13.5. The SMILES string of the molecule is CC(C)(C)c1ccc(N(c2ccc3c(c2)N(c2ccc(C(C)(C)C)cc2-c2ccccc2)c2cc(-c4ccc(-c5ccccc5)cc4)cc4c2B3c2sc3ccc(C(C)(C)C)cc3c2N4c2ccc(C(C)(C)C)cc2)c2ccccc2-c2ccccc2)cc1. The average Bonchev–Trinajstić information content (AvgIpc) is 1.70. The molecule has 14 rings (SSSR count). The maximum atomic E-state index is 2.66. The summed E-state index contributed by atoms with van der Waals surface area (Å²) < 4.78 is 2.64. The Labute approximate surface area is 532 Å². The van der Waals surface area contributed by atoms with Crippen LogP contribution in [0, 0.1) is 0 Å². The standard InChI is InChI=1S/C84H78BN3S/c1-81(2,3)61-36-42-65(43-37-61)86(72-31-23-22-30-68(72)58-26-18-14-19-27-58)67-46-47-71-74(54-67)88(73-48-40-63(83(7,8)9)52-69(73)59-28-20-15-21-29-59)76-51-60(57-34-32-56(33-35-57)55-24-16-13-17-25-55)50-75-78(76)85(71)80-79(70-53-64(84(10,11)12)41-49-77(70)89-80)87(75)66-44-38-62(39-45-66)82(4,5)6/h13-54H,1-12H3. The highest BCUT2D eigenvalue weighted by Gasteiger charge is 2.46. The smallest absolute Gasteiger partial charge is 0.264 e. The van der Waals surface area contributed by atoms with E-state index < -0.39 is 0 Å². The highest BCUT2D eigenvalue weighted by molar-refractivity contribution is 7.33. The van der Waals surface area contributed by atoms with Gasteiger partial charge >= 0.3 is 0 Å². The second-order valence-electron chi connectivity index (χ2n) is 28.7. The number of hydrogen-bond donors (Lipinski definition) is 0. The van der Waals surface area contributed by atoms with Crippen LogP contribution >= 0.6 is 11.3 Å². The summed E-state index contributed by atoms with van der Waals surface area (Å²) in [6, 6.07) is 96.7. The van der Waals surface area contributed by atoms with Crippen LogP contribution in [0.2, 0.25) is 0 Å². The van der Waals surface area contributed by atoms with Crippen LogP contribution in [0.5, 0.6) is 0 Å². The Morgan fingerprint density at radius 3 is 1.40 bits per heavy atom. The monoisotopic (exact) mass is 1170 g/mol. The minimum atomic E-state index is -0.115. The molecule has 5 heteroatoms. The lowest BCUT2D eigenvalue weighted by atomic mass is 9.36. The summed E-state index contributed by atoms with van der Waals surface area (Å²) in [7, 11) is 0. The Hall–Kier alpha value is -9.16. The Balaban J connectivity index is 1.12. The van der Waals surface area contributed by atoms with Crippen molar-refractivity contribution in [1.82, 2.24) is 0 Å². The molecule has 89 heavy (non-hydrogen) atoms. The molecule has 3 heterocycles. The summed E-state index contributed by atoms with van der Waals surface area (Å²) in [4.78, 5) is 7.81. The van der Waals surface area contributed by atoms with Gasteiger partial charge in [-0.05, 0) is 167 Å². The van der Waals surface area contributed by atoms with Gasteiger partial charge in [0.15, 0.2) is 0 Å². The Morgan fingerprint density at radius 1 is 0.337 bits per heavy atom. The Bertz CT molecular complexity index is 4610. The number of rotatable bonds is 9.